The summed E-state index contributed by atoms with van der Waals surface area (Å²) >= 11 is 12.2. The van der Waals surface area contributed by atoms with Crippen LogP contribution in [0.15, 0.2) is 41.3 Å². The average Bonchev–Trinajstić information content (AvgIpc) is 2.56. The Labute approximate surface area is 164 Å². The number of nitrogens with zero attached hydrogens (tertiary/aromatic N) is 2. The van der Waals surface area contributed by atoms with Crippen molar-refractivity contribution in [1.29, 1.82) is 0 Å². The van der Waals surface area contributed by atoms with Crippen molar-refractivity contribution >= 4 is 33.2 Å². The summed E-state index contributed by atoms with van der Waals surface area (Å²) in [5, 5.41) is 0.651. The second-order valence-electron chi connectivity index (χ2n) is 7.00. The summed E-state index contributed by atoms with van der Waals surface area (Å²) in [6.45, 7) is 4.64. The maximum atomic E-state index is 12.9. The molecule has 4 rings (SSSR count). The van der Waals surface area contributed by atoms with Gasteiger partial charge >= 0.3 is 0 Å². The van der Waals surface area contributed by atoms with Gasteiger partial charge in [-0.1, -0.05) is 47.5 Å². The lowest BCUT2D eigenvalue weighted by atomic mass is 9.97. The van der Waals surface area contributed by atoms with Crippen molar-refractivity contribution < 1.29 is 8.42 Å². The first-order chi connectivity index (χ1) is 12.4. The molecule has 0 N–H and O–H groups in total. The van der Waals surface area contributed by atoms with E-state index in [0.29, 0.717) is 23.7 Å². The topological polar surface area (TPSA) is 40.6 Å². The minimum Gasteiger partial charge on any atom is -0.293 e. The normalized spacial score (nSPS) is 19.2. The van der Waals surface area contributed by atoms with E-state index in [-0.39, 0.29) is 16.0 Å². The standard InChI is InChI=1S/C19H20Cl2N2O2S/c1-13-8-19(18(21)9-17(13)20)26(24,25)23-11-16(12-23)22-7-6-14-4-2-3-5-15(14)10-22/h2-5,8-9,16H,6-7,10-12H2,1H3. The van der Waals surface area contributed by atoms with Gasteiger partial charge in [-0.05, 0) is 42.2 Å². The predicted molar refractivity (Wildman–Crippen MR) is 104 cm³/mol. The van der Waals surface area contributed by atoms with Crippen molar-refractivity contribution in [1.82, 2.24) is 9.21 Å². The number of rotatable bonds is 3. The Balaban J connectivity index is 1.47. The zero-order valence-corrected chi connectivity index (χ0v) is 16.8. The average molecular weight is 411 g/mol. The fourth-order valence-electron chi connectivity index (χ4n) is 3.64. The van der Waals surface area contributed by atoms with Crippen molar-refractivity contribution in [3.05, 3.63) is 63.1 Å². The van der Waals surface area contributed by atoms with E-state index >= 15 is 0 Å². The molecule has 7 heteroatoms. The lowest BCUT2D eigenvalue weighted by molar-refractivity contribution is 0.0769. The second kappa shape index (κ2) is 6.80. The summed E-state index contributed by atoms with van der Waals surface area (Å²) in [5.74, 6) is 0. The maximum absolute atomic E-state index is 12.9. The highest BCUT2D eigenvalue weighted by atomic mass is 35.5. The molecule has 138 valence electrons. The van der Waals surface area contributed by atoms with Gasteiger partial charge in [-0.15, -0.1) is 0 Å². The first-order valence-corrected chi connectivity index (χ1v) is 10.8. The first-order valence-electron chi connectivity index (χ1n) is 8.63. The summed E-state index contributed by atoms with van der Waals surface area (Å²) in [6, 6.07) is 11.8. The van der Waals surface area contributed by atoms with Crippen molar-refractivity contribution in [2.24, 2.45) is 0 Å². The van der Waals surface area contributed by atoms with Crippen molar-refractivity contribution in [2.75, 3.05) is 19.6 Å². The quantitative estimate of drug-likeness (QED) is 0.773. The third kappa shape index (κ3) is 3.16. The third-order valence-corrected chi connectivity index (χ3v) is 8.04. The van der Waals surface area contributed by atoms with Gasteiger partial charge in [0.05, 0.1) is 5.02 Å². The van der Waals surface area contributed by atoms with Crippen molar-refractivity contribution in [3.8, 4) is 0 Å². The van der Waals surface area contributed by atoms with Gasteiger partial charge < -0.3 is 0 Å². The first kappa shape index (κ1) is 18.3. The van der Waals surface area contributed by atoms with Crippen LogP contribution in [0.3, 0.4) is 0 Å². The van der Waals surface area contributed by atoms with Gasteiger partial charge in [0, 0.05) is 37.2 Å². The zero-order chi connectivity index (χ0) is 18.5. The molecule has 0 aliphatic carbocycles. The van der Waals surface area contributed by atoms with Crippen LogP contribution in [-0.4, -0.2) is 43.3 Å². The SMILES string of the molecule is Cc1cc(S(=O)(=O)N2CC(N3CCc4ccccc4C3)C2)c(Cl)cc1Cl. The molecule has 1 saturated heterocycles. The summed E-state index contributed by atoms with van der Waals surface area (Å²) in [6.07, 6.45) is 1.02. The Morgan fingerprint density at radius 2 is 1.73 bits per heavy atom. The van der Waals surface area contributed by atoms with Crippen LogP contribution < -0.4 is 0 Å². The number of aryl methyl sites for hydroxylation is 1. The molecule has 4 nitrogen and oxygen atoms in total. The van der Waals surface area contributed by atoms with E-state index < -0.39 is 10.0 Å². The van der Waals surface area contributed by atoms with Crippen LogP contribution in [0.1, 0.15) is 16.7 Å². The summed E-state index contributed by atoms with van der Waals surface area (Å²) in [4.78, 5) is 2.52. The van der Waals surface area contributed by atoms with Crippen LogP contribution in [0.25, 0.3) is 0 Å². The number of hydrogen-bond acceptors (Lipinski definition) is 3. The number of benzene rings is 2. The molecule has 0 atom stereocenters. The minimum absolute atomic E-state index is 0.142. The van der Waals surface area contributed by atoms with Gasteiger partial charge in [0.25, 0.3) is 0 Å². The van der Waals surface area contributed by atoms with Crippen molar-refractivity contribution in [2.45, 2.75) is 30.8 Å². The molecule has 0 bridgehead atoms. The monoisotopic (exact) mass is 410 g/mol. The molecule has 0 spiro atoms. The van der Waals surface area contributed by atoms with Crippen LogP contribution in [0.5, 0.6) is 0 Å². The smallest absolute Gasteiger partial charge is 0.244 e. The zero-order valence-electron chi connectivity index (χ0n) is 14.5. The molecule has 2 aromatic carbocycles. The summed E-state index contributed by atoms with van der Waals surface area (Å²) in [7, 11) is -3.59. The number of fused-ring (bicyclic) bond motifs is 1. The van der Waals surface area contributed by atoms with Crippen LogP contribution in [0.4, 0.5) is 0 Å². The highest BCUT2D eigenvalue weighted by Crippen LogP contribution is 2.33. The van der Waals surface area contributed by atoms with Gasteiger partial charge in [-0.25, -0.2) is 8.42 Å². The molecule has 2 aliphatic rings. The largest absolute Gasteiger partial charge is 0.293 e. The van der Waals surface area contributed by atoms with Gasteiger partial charge in [0.15, 0.2) is 0 Å². The maximum Gasteiger partial charge on any atom is 0.244 e. The highest BCUT2D eigenvalue weighted by molar-refractivity contribution is 7.89. The van der Waals surface area contributed by atoms with Gasteiger partial charge in [0.1, 0.15) is 4.90 Å². The van der Waals surface area contributed by atoms with E-state index in [1.165, 1.54) is 21.5 Å². The Morgan fingerprint density at radius 1 is 1.04 bits per heavy atom. The van der Waals surface area contributed by atoms with Crippen LogP contribution in [0.2, 0.25) is 10.0 Å². The van der Waals surface area contributed by atoms with Crippen LogP contribution >= 0.6 is 23.2 Å². The van der Waals surface area contributed by atoms with Crippen LogP contribution in [-0.2, 0) is 23.0 Å². The van der Waals surface area contributed by atoms with Gasteiger partial charge in [0.2, 0.25) is 10.0 Å². The minimum atomic E-state index is -3.59. The Bertz CT molecular complexity index is 956. The molecule has 0 aromatic heterocycles. The van der Waals surface area contributed by atoms with E-state index in [9.17, 15) is 8.42 Å². The predicted octanol–water partition coefficient (Wildman–Crippen LogP) is 3.73. The molecule has 1 fully saturated rings. The third-order valence-electron chi connectivity index (χ3n) is 5.34. The molecule has 2 aromatic rings. The molecule has 0 saturated carbocycles. The number of hydrogen-bond donors (Lipinski definition) is 0. The molecule has 2 heterocycles. The van der Waals surface area contributed by atoms with Gasteiger partial charge in [-0.2, -0.15) is 4.31 Å². The van der Waals surface area contributed by atoms with Gasteiger partial charge in [-0.3, -0.25) is 4.90 Å². The summed E-state index contributed by atoms with van der Waals surface area (Å²) in [5.41, 5.74) is 3.45. The highest BCUT2D eigenvalue weighted by Gasteiger charge is 2.41. The number of halogens is 2. The molecule has 26 heavy (non-hydrogen) atoms. The van der Waals surface area contributed by atoms with E-state index in [1.54, 1.807) is 13.0 Å². The molecule has 0 unspecified atom stereocenters. The molecule has 2 aliphatic heterocycles. The molecular weight excluding hydrogens is 391 g/mol. The molecular formula is C19H20Cl2N2O2S. The number of sulfonamides is 1. The fraction of sp³-hybridized carbons (Fsp3) is 0.368. The fourth-order valence-corrected chi connectivity index (χ4v) is 5.96. The Hall–Kier alpha value is -1.11. The van der Waals surface area contributed by atoms with E-state index in [1.807, 2.05) is 0 Å². The summed E-state index contributed by atoms with van der Waals surface area (Å²) < 4.78 is 27.3. The lowest BCUT2D eigenvalue weighted by Crippen LogP contribution is -2.61. The molecule has 0 radical (unpaired) electrons. The van der Waals surface area contributed by atoms with E-state index in [4.69, 9.17) is 23.2 Å². The van der Waals surface area contributed by atoms with E-state index in [2.05, 4.69) is 29.2 Å². The Morgan fingerprint density at radius 3 is 2.46 bits per heavy atom. The second-order valence-corrected chi connectivity index (χ2v) is 9.72. The Kier molecular flexibility index (Phi) is 4.78. The van der Waals surface area contributed by atoms with E-state index in [0.717, 1.165) is 19.5 Å². The van der Waals surface area contributed by atoms with Crippen LogP contribution in [0, 0.1) is 6.92 Å². The molecule has 0 amide bonds. The lowest BCUT2D eigenvalue weighted by Gasteiger charge is -2.46. The van der Waals surface area contributed by atoms with Crippen molar-refractivity contribution in [3.63, 3.8) is 0 Å².